The molecule has 2 rings (SSSR count). The Labute approximate surface area is 144 Å². The summed E-state index contributed by atoms with van der Waals surface area (Å²) in [6.07, 6.45) is 0. The van der Waals surface area contributed by atoms with Gasteiger partial charge in [-0.05, 0) is 19.7 Å². The van der Waals surface area contributed by atoms with Gasteiger partial charge in [-0.3, -0.25) is 19.4 Å². The number of hydrogen-bond acceptors (Lipinski definition) is 4. The highest BCUT2D eigenvalue weighted by atomic mass is 16.2. The van der Waals surface area contributed by atoms with Crippen LogP contribution >= 0.6 is 0 Å². The summed E-state index contributed by atoms with van der Waals surface area (Å²) < 4.78 is 0. The van der Waals surface area contributed by atoms with Gasteiger partial charge in [0, 0.05) is 40.3 Å². The standard InChI is InChI=1S/C18H28N4O2/c1-19(2)16(23)14-21-10-12-22(13-11-21)18(24)17(20(3)4)15-8-6-5-7-9-15/h5-9,17H,10-14H2,1-4H3/t17-/m0/s1. The summed E-state index contributed by atoms with van der Waals surface area (Å²) in [5.41, 5.74) is 1.01. The predicted molar refractivity (Wildman–Crippen MR) is 94.6 cm³/mol. The van der Waals surface area contributed by atoms with Gasteiger partial charge in [-0.15, -0.1) is 0 Å². The molecule has 0 aliphatic carbocycles. The number of likely N-dealkylation sites (N-methyl/N-ethyl adjacent to an activating group) is 2. The van der Waals surface area contributed by atoms with Crippen LogP contribution in [0.5, 0.6) is 0 Å². The van der Waals surface area contributed by atoms with E-state index in [4.69, 9.17) is 0 Å². The van der Waals surface area contributed by atoms with E-state index in [0.29, 0.717) is 19.6 Å². The van der Waals surface area contributed by atoms with Crippen molar-refractivity contribution in [3.05, 3.63) is 35.9 Å². The molecule has 0 unspecified atom stereocenters. The van der Waals surface area contributed by atoms with E-state index in [2.05, 4.69) is 4.90 Å². The van der Waals surface area contributed by atoms with Crippen LogP contribution in [0, 0.1) is 0 Å². The molecule has 0 bridgehead atoms. The van der Waals surface area contributed by atoms with E-state index in [1.54, 1.807) is 19.0 Å². The Morgan fingerprint density at radius 3 is 2.08 bits per heavy atom. The first-order valence-corrected chi connectivity index (χ1v) is 8.33. The number of rotatable bonds is 5. The molecular formula is C18H28N4O2. The summed E-state index contributed by atoms with van der Waals surface area (Å²) in [7, 11) is 7.40. The Kier molecular flexibility index (Phi) is 6.34. The van der Waals surface area contributed by atoms with Gasteiger partial charge in [0.1, 0.15) is 6.04 Å². The molecule has 1 aliphatic rings. The average Bonchev–Trinajstić information content (AvgIpc) is 2.56. The van der Waals surface area contributed by atoms with Crippen molar-refractivity contribution in [1.82, 2.24) is 19.6 Å². The average molecular weight is 332 g/mol. The van der Waals surface area contributed by atoms with Crippen LogP contribution in [0.2, 0.25) is 0 Å². The van der Waals surface area contributed by atoms with Crippen molar-refractivity contribution >= 4 is 11.8 Å². The van der Waals surface area contributed by atoms with Gasteiger partial charge in [-0.25, -0.2) is 0 Å². The van der Waals surface area contributed by atoms with Crippen LogP contribution in [0.15, 0.2) is 30.3 Å². The second kappa shape index (κ2) is 8.26. The Bertz CT molecular complexity index is 551. The lowest BCUT2D eigenvalue weighted by atomic mass is 10.0. The zero-order valence-corrected chi connectivity index (χ0v) is 15.1. The molecule has 1 aromatic carbocycles. The van der Waals surface area contributed by atoms with Crippen molar-refractivity contribution in [2.24, 2.45) is 0 Å². The molecule has 1 aliphatic heterocycles. The van der Waals surface area contributed by atoms with E-state index in [1.807, 2.05) is 54.2 Å². The number of benzene rings is 1. The first-order valence-electron chi connectivity index (χ1n) is 8.33. The molecule has 0 radical (unpaired) electrons. The van der Waals surface area contributed by atoms with E-state index in [9.17, 15) is 9.59 Å². The summed E-state index contributed by atoms with van der Waals surface area (Å²) in [6, 6.07) is 9.61. The molecular weight excluding hydrogens is 304 g/mol. The van der Waals surface area contributed by atoms with Gasteiger partial charge in [0.25, 0.3) is 0 Å². The van der Waals surface area contributed by atoms with Crippen LogP contribution < -0.4 is 0 Å². The molecule has 1 atom stereocenters. The quantitative estimate of drug-likeness (QED) is 0.789. The number of amides is 2. The number of carbonyl (C=O) groups is 2. The largest absolute Gasteiger partial charge is 0.348 e. The van der Waals surface area contributed by atoms with E-state index in [1.165, 1.54) is 0 Å². The van der Waals surface area contributed by atoms with Crippen LogP contribution in [-0.2, 0) is 9.59 Å². The van der Waals surface area contributed by atoms with Crippen molar-refractivity contribution in [2.75, 3.05) is 60.9 Å². The van der Waals surface area contributed by atoms with E-state index < -0.39 is 0 Å². The molecule has 24 heavy (non-hydrogen) atoms. The first kappa shape index (κ1) is 18.4. The van der Waals surface area contributed by atoms with Gasteiger partial charge >= 0.3 is 0 Å². The third kappa shape index (κ3) is 4.55. The van der Waals surface area contributed by atoms with Gasteiger partial charge in [0.05, 0.1) is 6.54 Å². The van der Waals surface area contributed by atoms with Gasteiger partial charge in [-0.2, -0.15) is 0 Å². The van der Waals surface area contributed by atoms with Crippen molar-refractivity contribution in [1.29, 1.82) is 0 Å². The van der Waals surface area contributed by atoms with Gasteiger partial charge < -0.3 is 9.80 Å². The monoisotopic (exact) mass is 332 g/mol. The van der Waals surface area contributed by atoms with Gasteiger partial charge in [0.15, 0.2) is 0 Å². The topological polar surface area (TPSA) is 47.1 Å². The summed E-state index contributed by atoms with van der Waals surface area (Å²) in [5.74, 6) is 0.231. The minimum atomic E-state index is -0.263. The lowest BCUT2D eigenvalue weighted by Crippen LogP contribution is -2.53. The first-order chi connectivity index (χ1) is 11.4. The molecule has 0 spiro atoms. The molecule has 1 fully saturated rings. The second-order valence-corrected chi connectivity index (χ2v) is 6.67. The molecule has 2 amide bonds. The summed E-state index contributed by atoms with van der Waals surface area (Å²) in [5, 5.41) is 0. The van der Waals surface area contributed by atoms with E-state index >= 15 is 0 Å². The van der Waals surface area contributed by atoms with Crippen molar-refractivity contribution in [2.45, 2.75) is 6.04 Å². The molecule has 0 N–H and O–H groups in total. The molecule has 6 heteroatoms. The van der Waals surface area contributed by atoms with Crippen LogP contribution in [0.25, 0.3) is 0 Å². The smallest absolute Gasteiger partial charge is 0.244 e. The SMILES string of the molecule is CN(C)C(=O)CN1CCN(C(=O)[C@H](c2ccccc2)N(C)C)CC1. The highest BCUT2D eigenvalue weighted by Crippen LogP contribution is 2.21. The maximum Gasteiger partial charge on any atom is 0.244 e. The summed E-state index contributed by atoms with van der Waals surface area (Å²) in [4.78, 5) is 32.4. The Morgan fingerprint density at radius 2 is 1.58 bits per heavy atom. The number of hydrogen-bond donors (Lipinski definition) is 0. The van der Waals surface area contributed by atoms with Gasteiger partial charge in [-0.1, -0.05) is 30.3 Å². The summed E-state index contributed by atoms with van der Waals surface area (Å²) in [6.45, 7) is 3.22. The molecule has 0 saturated carbocycles. The lowest BCUT2D eigenvalue weighted by molar-refractivity contribution is -0.138. The highest BCUT2D eigenvalue weighted by Gasteiger charge is 2.30. The van der Waals surface area contributed by atoms with Crippen molar-refractivity contribution < 1.29 is 9.59 Å². The minimum absolute atomic E-state index is 0.102. The van der Waals surface area contributed by atoms with E-state index in [-0.39, 0.29) is 17.9 Å². The van der Waals surface area contributed by atoms with Gasteiger partial charge in [0.2, 0.25) is 11.8 Å². The maximum absolute atomic E-state index is 13.0. The fourth-order valence-electron chi connectivity index (χ4n) is 2.93. The number of piperazine rings is 1. The minimum Gasteiger partial charge on any atom is -0.348 e. The number of nitrogens with zero attached hydrogens (tertiary/aromatic N) is 4. The number of carbonyl (C=O) groups excluding carboxylic acids is 2. The molecule has 132 valence electrons. The van der Waals surface area contributed by atoms with Crippen molar-refractivity contribution in [3.63, 3.8) is 0 Å². The third-order valence-electron chi connectivity index (χ3n) is 4.41. The Hall–Kier alpha value is -1.92. The predicted octanol–water partition coefficient (Wildman–Crippen LogP) is 0.522. The third-order valence-corrected chi connectivity index (χ3v) is 4.41. The molecule has 0 aromatic heterocycles. The highest BCUT2D eigenvalue weighted by molar-refractivity contribution is 5.83. The lowest BCUT2D eigenvalue weighted by Gasteiger charge is -2.37. The summed E-state index contributed by atoms with van der Waals surface area (Å²) >= 11 is 0. The van der Waals surface area contributed by atoms with Crippen molar-refractivity contribution in [3.8, 4) is 0 Å². The van der Waals surface area contributed by atoms with Crippen LogP contribution in [-0.4, -0.2) is 92.3 Å². The fraction of sp³-hybridized carbons (Fsp3) is 0.556. The van der Waals surface area contributed by atoms with Crippen LogP contribution in [0.3, 0.4) is 0 Å². The fourth-order valence-corrected chi connectivity index (χ4v) is 2.93. The molecule has 6 nitrogen and oxygen atoms in total. The Morgan fingerprint density at radius 1 is 1.00 bits per heavy atom. The molecule has 1 aromatic rings. The molecule has 1 heterocycles. The zero-order valence-electron chi connectivity index (χ0n) is 15.1. The maximum atomic E-state index is 13.0. The zero-order chi connectivity index (χ0) is 17.7. The normalized spacial score (nSPS) is 17.0. The second-order valence-electron chi connectivity index (χ2n) is 6.67. The van der Waals surface area contributed by atoms with E-state index in [0.717, 1.165) is 18.7 Å². The molecule has 1 saturated heterocycles. The van der Waals surface area contributed by atoms with Crippen LogP contribution in [0.4, 0.5) is 0 Å². The van der Waals surface area contributed by atoms with Crippen LogP contribution in [0.1, 0.15) is 11.6 Å². The Balaban J connectivity index is 1.97.